The van der Waals surface area contributed by atoms with Gasteiger partial charge in [-0.05, 0) is 31.4 Å². The Kier molecular flexibility index (Phi) is 4.98. The Morgan fingerprint density at radius 1 is 1.38 bits per heavy atom. The van der Waals surface area contributed by atoms with Crippen LogP contribution in [0.25, 0.3) is 0 Å². The molecule has 0 bridgehead atoms. The van der Waals surface area contributed by atoms with Gasteiger partial charge in [-0.15, -0.1) is 0 Å². The summed E-state index contributed by atoms with van der Waals surface area (Å²) in [5, 5.41) is 3.77. The Morgan fingerprint density at radius 3 is 2.81 bits per heavy atom. The SMILES string of the molecule is CCCC1CNC(C2CC2)CN1CCSC. The number of nitrogens with one attached hydrogen (secondary N) is 1. The van der Waals surface area contributed by atoms with Crippen molar-refractivity contribution in [2.75, 3.05) is 31.6 Å². The van der Waals surface area contributed by atoms with E-state index in [1.165, 1.54) is 51.1 Å². The van der Waals surface area contributed by atoms with Crippen molar-refractivity contribution in [1.29, 1.82) is 0 Å². The summed E-state index contributed by atoms with van der Waals surface area (Å²) in [6.07, 6.45) is 7.82. The molecule has 2 rings (SSSR count). The highest BCUT2D eigenvalue weighted by molar-refractivity contribution is 7.98. The van der Waals surface area contributed by atoms with Crippen LogP contribution < -0.4 is 5.32 Å². The highest BCUT2D eigenvalue weighted by Crippen LogP contribution is 2.34. The summed E-state index contributed by atoms with van der Waals surface area (Å²) in [5.74, 6) is 2.29. The van der Waals surface area contributed by atoms with Crippen molar-refractivity contribution in [2.24, 2.45) is 5.92 Å². The lowest BCUT2D eigenvalue weighted by Gasteiger charge is -2.40. The summed E-state index contributed by atoms with van der Waals surface area (Å²) in [6, 6.07) is 1.60. The smallest absolute Gasteiger partial charge is 0.0224 e. The van der Waals surface area contributed by atoms with E-state index in [4.69, 9.17) is 0 Å². The Labute approximate surface area is 105 Å². The molecule has 1 saturated heterocycles. The molecule has 2 fully saturated rings. The molecule has 0 radical (unpaired) electrons. The van der Waals surface area contributed by atoms with E-state index in [0.717, 1.165) is 18.0 Å². The number of nitrogens with zero attached hydrogens (tertiary/aromatic N) is 1. The zero-order valence-corrected chi connectivity index (χ0v) is 11.6. The molecule has 1 N–H and O–H groups in total. The fraction of sp³-hybridized carbons (Fsp3) is 1.00. The van der Waals surface area contributed by atoms with Crippen molar-refractivity contribution in [3.63, 3.8) is 0 Å². The first-order valence-corrected chi connectivity index (χ1v) is 8.21. The zero-order chi connectivity index (χ0) is 11.4. The first-order chi connectivity index (χ1) is 7.85. The second kappa shape index (κ2) is 6.27. The van der Waals surface area contributed by atoms with Crippen LogP contribution in [-0.4, -0.2) is 48.6 Å². The summed E-state index contributed by atoms with van der Waals surface area (Å²) in [4.78, 5) is 2.75. The van der Waals surface area contributed by atoms with Crippen LogP contribution in [0.3, 0.4) is 0 Å². The van der Waals surface area contributed by atoms with E-state index in [1.54, 1.807) is 0 Å². The Morgan fingerprint density at radius 2 is 2.19 bits per heavy atom. The lowest BCUT2D eigenvalue weighted by Crippen LogP contribution is -2.57. The lowest BCUT2D eigenvalue weighted by molar-refractivity contribution is 0.123. The molecule has 0 spiro atoms. The predicted molar refractivity (Wildman–Crippen MR) is 73.2 cm³/mol. The van der Waals surface area contributed by atoms with Crippen molar-refractivity contribution in [3.05, 3.63) is 0 Å². The molecule has 2 unspecified atom stereocenters. The van der Waals surface area contributed by atoms with Crippen molar-refractivity contribution >= 4 is 11.8 Å². The van der Waals surface area contributed by atoms with Gasteiger partial charge in [-0.25, -0.2) is 0 Å². The first kappa shape index (κ1) is 12.7. The maximum absolute atomic E-state index is 3.77. The molecule has 16 heavy (non-hydrogen) atoms. The topological polar surface area (TPSA) is 15.3 Å². The fourth-order valence-electron chi connectivity index (χ4n) is 2.80. The fourth-order valence-corrected chi connectivity index (χ4v) is 3.21. The van der Waals surface area contributed by atoms with Gasteiger partial charge in [-0.1, -0.05) is 13.3 Å². The van der Waals surface area contributed by atoms with E-state index in [-0.39, 0.29) is 0 Å². The third-order valence-electron chi connectivity index (χ3n) is 3.96. The number of hydrogen-bond acceptors (Lipinski definition) is 3. The van der Waals surface area contributed by atoms with E-state index in [2.05, 4.69) is 23.4 Å². The van der Waals surface area contributed by atoms with E-state index < -0.39 is 0 Å². The molecule has 1 saturated carbocycles. The van der Waals surface area contributed by atoms with E-state index in [9.17, 15) is 0 Å². The highest BCUT2D eigenvalue weighted by Gasteiger charge is 2.36. The van der Waals surface area contributed by atoms with Crippen molar-refractivity contribution < 1.29 is 0 Å². The van der Waals surface area contributed by atoms with E-state index >= 15 is 0 Å². The van der Waals surface area contributed by atoms with Gasteiger partial charge < -0.3 is 5.32 Å². The van der Waals surface area contributed by atoms with Crippen LogP contribution in [0.15, 0.2) is 0 Å². The van der Waals surface area contributed by atoms with Crippen molar-refractivity contribution in [2.45, 2.75) is 44.7 Å². The van der Waals surface area contributed by atoms with Gasteiger partial charge in [0.2, 0.25) is 0 Å². The zero-order valence-electron chi connectivity index (χ0n) is 10.7. The third kappa shape index (κ3) is 3.38. The molecule has 0 aromatic rings. The minimum Gasteiger partial charge on any atom is -0.311 e. The molecule has 2 aliphatic rings. The van der Waals surface area contributed by atoms with Gasteiger partial charge in [0.05, 0.1) is 0 Å². The maximum Gasteiger partial charge on any atom is 0.0224 e. The van der Waals surface area contributed by atoms with Gasteiger partial charge in [0.1, 0.15) is 0 Å². The number of piperazine rings is 1. The predicted octanol–water partition coefficient (Wildman–Crippen LogP) is 2.20. The molecule has 2 nitrogen and oxygen atoms in total. The molecule has 0 aromatic carbocycles. The molecule has 0 aromatic heterocycles. The summed E-state index contributed by atoms with van der Waals surface area (Å²) >= 11 is 1.98. The van der Waals surface area contributed by atoms with Crippen molar-refractivity contribution in [3.8, 4) is 0 Å². The van der Waals surface area contributed by atoms with Crippen LogP contribution >= 0.6 is 11.8 Å². The van der Waals surface area contributed by atoms with Crippen LogP contribution in [0.4, 0.5) is 0 Å². The molecule has 2 atom stereocenters. The average molecular weight is 242 g/mol. The number of hydrogen-bond donors (Lipinski definition) is 1. The van der Waals surface area contributed by atoms with Gasteiger partial charge in [0.25, 0.3) is 0 Å². The summed E-state index contributed by atoms with van der Waals surface area (Å²) < 4.78 is 0. The normalized spacial score (nSPS) is 31.9. The standard InChI is InChI=1S/C13H26N2S/c1-3-4-12-9-14-13(11-5-6-11)10-15(12)7-8-16-2/h11-14H,3-10H2,1-2H3. The van der Waals surface area contributed by atoms with Crippen LogP contribution in [0.5, 0.6) is 0 Å². The Balaban J connectivity index is 1.83. The summed E-state index contributed by atoms with van der Waals surface area (Å²) in [5.41, 5.74) is 0. The number of thioether (sulfide) groups is 1. The second-order valence-corrected chi connectivity index (χ2v) is 6.27. The van der Waals surface area contributed by atoms with Crippen LogP contribution in [0.1, 0.15) is 32.6 Å². The largest absolute Gasteiger partial charge is 0.311 e. The molecule has 1 aliphatic heterocycles. The number of rotatable bonds is 6. The molecule has 94 valence electrons. The van der Waals surface area contributed by atoms with Crippen LogP contribution in [-0.2, 0) is 0 Å². The minimum absolute atomic E-state index is 0.798. The Hall–Kier alpha value is 0.270. The third-order valence-corrected chi connectivity index (χ3v) is 4.55. The molecule has 0 amide bonds. The van der Waals surface area contributed by atoms with Crippen LogP contribution in [0, 0.1) is 5.92 Å². The van der Waals surface area contributed by atoms with Gasteiger partial charge in [-0.2, -0.15) is 11.8 Å². The molecular formula is C13H26N2S. The molecule has 3 heteroatoms. The first-order valence-electron chi connectivity index (χ1n) is 6.81. The van der Waals surface area contributed by atoms with Crippen molar-refractivity contribution in [1.82, 2.24) is 10.2 Å². The highest BCUT2D eigenvalue weighted by atomic mass is 32.2. The molecule has 1 heterocycles. The van der Waals surface area contributed by atoms with Gasteiger partial charge >= 0.3 is 0 Å². The van der Waals surface area contributed by atoms with E-state index in [0.29, 0.717) is 0 Å². The second-order valence-electron chi connectivity index (χ2n) is 5.28. The molecule has 1 aliphatic carbocycles. The van der Waals surface area contributed by atoms with Gasteiger partial charge in [-0.3, -0.25) is 4.90 Å². The van der Waals surface area contributed by atoms with Gasteiger partial charge in [0, 0.05) is 37.5 Å². The van der Waals surface area contributed by atoms with Gasteiger partial charge in [0.15, 0.2) is 0 Å². The summed E-state index contributed by atoms with van der Waals surface area (Å²) in [7, 11) is 0. The average Bonchev–Trinajstić information content (AvgIpc) is 3.12. The maximum atomic E-state index is 3.77. The lowest BCUT2D eigenvalue weighted by atomic mass is 10.0. The monoisotopic (exact) mass is 242 g/mol. The molecular weight excluding hydrogens is 216 g/mol. The quantitative estimate of drug-likeness (QED) is 0.769. The Bertz CT molecular complexity index is 206. The summed E-state index contributed by atoms with van der Waals surface area (Å²) in [6.45, 7) is 6.12. The minimum atomic E-state index is 0.798. The van der Waals surface area contributed by atoms with E-state index in [1.807, 2.05) is 11.8 Å². The van der Waals surface area contributed by atoms with Crippen LogP contribution in [0.2, 0.25) is 0 Å².